The summed E-state index contributed by atoms with van der Waals surface area (Å²) >= 11 is 1.31. The normalized spacial score (nSPS) is 10.9. The number of rotatable bonds is 4. The van der Waals surface area contributed by atoms with Gasteiger partial charge in [0.25, 0.3) is 5.56 Å². The molecule has 2 heterocycles. The molecule has 0 fully saturated rings. The standard InChI is InChI=1S/C17H16N2O4S/c1-3-23-14(20)10-18-16-13(9-11(2)24-16)15(21)19(17(18)22)12-7-5-4-6-8-12/h4-9H,3,10H2,1-2H3. The first-order valence-electron chi connectivity index (χ1n) is 7.50. The van der Waals surface area contributed by atoms with Gasteiger partial charge >= 0.3 is 11.7 Å². The van der Waals surface area contributed by atoms with Crippen LogP contribution in [0.2, 0.25) is 0 Å². The fourth-order valence-electron chi connectivity index (χ4n) is 2.55. The van der Waals surface area contributed by atoms with E-state index in [1.54, 1.807) is 43.3 Å². The second-order valence-corrected chi connectivity index (χ2v) is 6.46. The summed E-state index contributed by atoms with van der Waals surface area (Å²) in [6, 6.07) is 10.4. The number of nitrogens with zero attached hydrogens (tertiary/aromatic N) is 2. The van der Waals surface area contributed by atoms with Crippen molar-refractivity contribution in [3.8, 4) is 5.69 Å². The van der Waals surface area contributed by atoms with E-state index in [-0.39, 0.29) is 18.7 Å². The molecule has 6 nitrogen and oxygen atoms in total. The monoisotopic (exact) mass is 344 g/mol. The third-order valence-electron chi connectivity index (χ3n) is 3.54. The SMILES string of the molecule is CCOC(=O)Cn1c(=O)n(-c2ccccc2)c(=O)c2cc(C)sc21. The molecule has 2 aromatic heterocycles. The molecule has 0 amide bonds. The lowest BCUT2D eigenvalue weighted by molar-refractivity contribution is -0.143. The molecule has 0 atom stereocenters. The van der Waals surface area contributed by atoms with E-state index in [0.717, 1.165) is 9.44 Å². The molecule has 0 unspecified atom stereocenters. The lowest BCUT2D eigenvalue weighted by atomic mass is 10.3. The molecule has 0 saturated carbocycles. The number of aryl methyl sites for hydroxylation is 1. The number of hydrogen-bond acceptors (Lipinski definition) is 5. The molecule has 0 aliphatic rings. The van der Waals surface area contributed by atoms with Crippen molar-refractivity contribution in [3.05, 3.63) is 62.1 Å². The Labute approximate surface area is 141 Å². The molecule has 1 aromatic carbocycles. The van der Waals surface area contributed by atoms with Crippen molar-refractivity contribution in [1.29, 1.82) is 0 Å². The third-order valence-corrected chi connectivity index (χ3v) is 4.62. The molecule has 124 valence electrons. The maximum absolute atomic E-state index is 12.9. The number of carbonyl (C=O) groups is 1. The smallest absolute Gasteiger partial charge is 0.337 e. The van der Waals surface area contributed by atoms with E-state index in [2.05, 4.69) is 0 Å². The topological polar surface area (TPSA) is 70.3 Å². The second kappa shape index (κ2) is 6.45. The molecular weight excluding hydrogens is 328 g/mol. The second-order valence-electron chi connectivity index (χ2n) is 5.23. The van der Waals surface area contributed by atoms with Crippen LogP contribution in [0.15, 0.2) is 46.0 Å². The summed E-state index contributed by atoms with van der Waals surface area (Å²) in [6.07, 6.45) is 0. The number of para-hydroxylation sites is 1. The number of aromatic nitrogens is 2. The van der Waals surface area contributed by atoms with E-state index in [0.29, 0.717) is 15.9 Å². The van der Waals surface area contributed by atoms with Crippen LogP contribution in [-0.4, -0.2) is 21.7 Å². The van der Waals surface area contributed by atoms with E-state index in [1.807, 2.05) is 6.92 Å². The Morgan fingerprint density at radius 3 is 2.58 bits per heavy atom. The van der Waals surface area contributed by atoms with Crippen LogP contribution in [0.3, 0.4) is 0 Å². The first kappa shape index (κ1) is 16.2. The van der Waals surface area contributed by atoms with Crippen molar-refractivity contribution in [3.63, 3.8) is 0 Å². The van der Waals surface area contributed by atoms with Crippen LogP contribution in [0, 0.1) is 6.92 Å². The Bertz CT molecular complexity index is 1010. The Morgan fingerprint density at radius 1 is 1.21 bits per heavy atom. The average molecular weight is 344 g/mol. The first-order chi connectivity index (χ1) is 11.5. The molecule has 24 heavy (non-hydrogen) atoms. The molecule has 7 heteroatoms. The number of thiophene rings is 1. The summed E-state index contributed by atoms with van der Waals surface area (Å²) in [4.78, 5) is 38.9. The molecule has 0 saturated heterocycles. The van der Waals surface area contributed by atoms with Gasteiger partial charge in [-0.3, -0.25) is 14.2 Å². The van der Waals surface area contributed by atoms with Crippen LogP contribution in [-0.2, 0) is 16.1 Å². The summed E-state index contributed by atoms with van der Waals surface area (Å²) in [5.41, 5.74) is -0.463. The third kappa shape index (κ3) is 2.78. The number of carbonyl (C=O) groups excluding carboxylic acids is 1. The van der Waals surface area contributed by atoms with Crippen LogP contribution < -0.4 is 11.2 Å². The predicted molar refractivity (Wildman–Crippen MR) is 93.1 cm³/mol. The highest BCUT2D eigenvalue weighted by molar-refractivity contribution is 7.18. The van der Waals surface area contributed by atoms with Crippen LogP contribution in [0.1, 0.15) is 11.8 Å². The van der Waals surface area contributed by atoms with Gasteiger partial charge in [-0.05, 0) is 32.0 Å². The van der Waals surface area contributed by atoms with Crippen molar-refractivity contribution < 1.29 is 9.53 Å². The van der Waals surface area contributed by atoms with Crippen LogP contribution in [0.4, 0.5) is 0 Å². The van der Waals surface area contributed by atoms with Gasteiger partial charge in [-0.25, -0.2) is 9.36 Å². The summed E-state index contributed by atoms with van der Waals surface area (Å²) < 4.78 is 7.35. The van der Waals surface area contributed by atoms with Gasteiger partial charge in [0.05, 0.1) is 17.7 Å². The summed E-state index contributed by atoms with van der Waals surface area (Å²) in [7, 11) is 0. The average Bonchev–Trinajstić information content (AvgIpc) is 2.95. The molecule has 0 N–H and O–H groups in total. The highest BCUT2D eigenvalue weighted by atomic mass is 32.1. The Morgan fingerprint density at radius 2 is 1.92 bits per heavy atom. The van der Waals surface area contributed by atoms with Gasteiger partial charge in [-0.1, -0.05) is 18.2 Å². The molecule has 0 bridgehead atoms. The van der Waals surface area contributed by atoms with Gasteiger partial charge in [-0.15, -0.1) is 11.3 Å². The Balaban J connectivity index is 2.32. The van der Waals surface area contributed by atoms with Gasteiger partial charge in [0.1, 0.15) is 11.4 Å². The minimum atomic E-state index is -0.548. The summed E-state index contributed by atoms with van der Waals surface area (Å²) in [5, 5.41) is 0.422. The number of ether oxygens (including phenoxy) is 1. The van der Waals surface area contributed by atoms with Gasteiger partial charge in [0.15, 0.2) is 0 Å². The molecule has 0 aliphatic carbocycles. The quantitative estimate of drug-likeness (QED) is 0.680. The molecular formula is C17H16N2O4S. The zero-order valence-electron chi connectivity index (χ0n) is 13.3. The number of esters is 1. The maximum atomic E-state index is 12.9. The van der Waals surface area contributed by atoms with Crippen LogP contribution in [0.5, 0.6) is 0 Å². The molecule has 0 aliphatic heterocycles. The predicted octanol–water partition coefficient (Wildman–Crippen LogP) is 2.09. The first-order valence-corrected chi connectivity index (χ1v) is 8.31. The lowest BCUT2D eigenvalue weighted by Gasteiger charge is -2.11. The van der Waals surface area contributed by atoms with E-state index >= 15 is 0 Å². The highest BCUT2D eigenvalue weighted by Gasteiger charge is 2.18. The van der Waals surface area contributed by atoms with Crippen molar-refractivity contribution in [2.75, 3.05) is 6.61 Å². The number of hydrogen-bond donors (Lipinski definition) is 0. The fourth-order valence-corrected chi connectivity index (χ4v) is 3.54. The number of fused-ring (bicyclic) bond motifs is 1. The lowest BCUT2D eigenvalue weighted by Crippen LogP contribution is -2.39. The summed E-state index contributed by atoms with van der Waals surface area (Å²) in [5.74, 6) is -0.509. The zero-order chi connectivity index (χ0) is 17.3. The Kier molecular flexibility index (Phi) is 4.35. The number of benzene rings is 1. The zero-order valence-corrected chi connectivity index (χ0v) is 14.1. The van der Waals surface area contributed by atoms with Crippen LogP contribution in [0.25, 0.3) is 15.9 Å². The molecule has 3 aromatic rings. The van der Waals surface area contributed by atoms with Gasteiger partial charge in [0, 0.05) is 4.88 Å². The van der Waals surface area contributed by atoms with E-state index in [9.17, 15) is 14.4 Å². The van der Waals surface area contributed by atoms with Crippen molar-refractivity contribution in [1.82, 2.24) is 9.13 Å². The highest BCUT2D eigenvalue weighted by Crippen LogP contribution is 2.21. The van der Waals surface area contributed by atoms with E-state index in [1.165, 1.54) is 15.9 Å². The van der Waals surface area contributed by atoms with Gasteiger partial charge < -0.3 is 4.74 Å². The minimum absolute atomic E-state index is 0.226. The van der Waals surface area contributed by atoms with Crippen molar-refractivity contribution in [2.45, 2.75) is 20.4 Å². The summed E-state index contributed by atoms with van der Waals surface area (Å²) in [6.45, 7) is 3.57. The fraction of sp³-hybridized carbons (Fsp3) is 0.235. The maximum Gasteiger partial charge on any atom is 0.337 e. The van der Waals surface area contributed by atoms with Gasteiger partial charge in [0.2, 0.25) is 0 Å². The molecule has 0 radical (unpaired) electrons. The van der Waals surface area contributed by atoms with E-state index in [4.69, 9.17) is 4.74 Å². The van der Waals surface area contributed by atoms with E-state index < -0.39 is 11.7 Å². The molecule has 0 spiro atoms. The van der Waals surface area contributed by atoms with Crippen molar-refractivity contribution >= 4 is 27.5 Å². The van der Waals surface area contributed by atoms with Crippen LogP contribution >= 0.6 is 11.3 Å². The largest absolute Gasteiger partial charge is 0.465 e. The molecule has 3 rings (SSSR count). The minimum Gasteiger partial charge on any atom is -0.465 e. The Hall–Kier alpha value is -2.67. The van der Waals surface area contributed by atoms with Gasteiger partial charge in [-0.2, -0.15) is 0 Å². The van der Waals surface area contributed by atoms with Crippen molar-refractivity contribution in [2.24, 2.45) is 0 Å².